The van der Waals surface area contributed by atoms with E-state index in [-0.39, 0.29) is 29.1 Å². The Morgan fingerprint density at radius 2 is 1.88 bits per heavy atom. The molecular weight excluding hydrogens is 321 g/mol. The van der Waals surface area contributed by atoms with Crippen LogP contribution >= 0.6 is 0 Å². The van der Waals surface area contributed by atoms with Crippen LogP contribution in [0.1, 0.15) is 52.1 Å². The predicted octanol–water partition coefficient (Wildman–Crippen LogP) is 2.37. The standard InChI is InChI=1S/C19H28FN3O2/c1-12(13-7-9-14(20)10-8-13)22-17(24)15-6-5-11-23(15)18(25)16(21)19(2,3)4/h7-10,12,15-16H,5-6,11,21H2,1-4H3,(H,22,24). The van der Waals surface area contributed by atoms with Gasteiger partial charge in [0.25, 0.3) is 0 Å². The lowest BCUT2D eigenvalue weighted by atomic mass is 9.86. The lowest BCUT2D eigenvalue weighted by molar-refractivity contribution is -0.141. The van der Waals surface area contributed by atoms with Gasteiger partial charge in [-0.1, -0.05) is 32.9 Å². The van der Waals surface area contributed by atoms with Crippen molar-refractivity contribution in [3.05, 3.63) is 35.6 Å². The quantitative estimate of drug-likeness (QED) is 0.876. The van der Waals surface area contributed by atoms with Gasteiger partial charge in [-0.3, -0.25) is 9.59 Å². The van der Waals surface area contributed by atoms with Gasteiger partial charge in [0.2, 0.25) is 11.8 Å². The number of hydrogen-bond donors (Lipinski definition) is 2. The number of halogens is 1. The molecule has 1 aliphatic rings. The summed E-state index contributed by atoms with van der Waals surface area (Å²) in [6.07, 6.45) is 1.41. The average molecular weight is 349 g/mol. The number of benzene rings is 1. The van der Waals surface area contributed by atoms with E-state index in [9.17, 15) is 14.0 Å². The highest BCUT2D eigenvalue weighted by Gasteiger charge is 2.39. The van der Waals surface area contributed by atoms with Crippen LogP contribution in [0.5, 0.6) is 0 Å². The molecule has 1 fully saturated rings. The normalized spacial score (nSPS) is 20.2. The number of nitrogens with two attached hydrogens (primary N) is 1. The molecule has 1 saturated heterocycles. The molecule has 0 saturated carbocycles. The fraction of sp³-hybridized carbons (Fsp3) is 0.579. The summed E-state index contributed by atoms with van der Waals surface area (Å²) in [4.78, 5) is 26.9. The number of likely N-dealkylation sites (tertiary alicyclic amines) is 1. The van der Waals surface area contributed by atoms with E-state index in [2.05, 4.69) is 5.32 Å². The third-order valence-electron chi connectivity index (χ3n) is 4.77. The van der Waals surface area contributed by atoms with Crippen molar-refractivity contribution in [3.8, 4) is 0 Å². The molecule has 0 aromatic heterocycles. The first-order valence-corrected chi connectivity index (χ1v) is 8.73. The molecule has 1 aromatic rings. The van der Waals surface area contributed by atoms with Crippen molar-refractivity contribution >= 4 is 11.8 Å². The van der Waals surface area contributed by atoms with Gasteiger partial charge in [-0.25, -0.2) is 4.39 Å². The molecule has 1 heterocycles. The minimum atomic E-state index is -0.643. The molecule has 1 aromatic carbocycles. The molecule has 3 atom stereocenters. The van der Waals surface area contributed by atoms with Gasteiger partial charge in [0.1, 0.15) is 11.9 Å². The van der Waals surface area contributed by atoms with Crippen LogP contribution in [0.2, 0.25) is 0 Å². The van der Waals surface area contributed by atoms with E-state index in [4.69, 9.17) is 5.73 Å². The fourth-order valence-electron chi connectivity index (χ4n) is 3.00. The van der Waals surface area contributed by atoms with Gasteiger partial charge < -0.3 is 16.0 Å². The molecule has 3 N–H and O–H groups in total. The molecule has 25 heavy (non-hydrogen) atoms. The monoisotopic (exact) mass is 349 g/mol. The Bertz CT molecular complexity index is 625. The van der Waals surface area contributed by atoms with Crippen molar-refractivity contribution in [1.82, 2.24) is 10.2 Å². The van der Waals surface area contributed by atoms with E-state index >= 15 is 0 Å². The van der Waals surface area contributed by atoms with Crippen molar-refractivity contribution < 1.29 is 14.0 Å². The third-order valence-corrected chi connectivity index (χ3v) is 4.77. The summed E-state index contributed by atoms with van der Waals surface area (Å²) >= 11 is 0. The van der Waals surface area contributed by atoms with Crippen molar-refractivity contribution in [2.45, 2.75) is 58.7 Å². The Balaban J connectivity index is 2.05. The van der Waals surface area contributed by atoms with Gasteiger partial charge in [0, 0.05) is 6.54 Å². The Hall–Kier alpha value is -1.95. The third kappa shape index (κ3) is 4.57. The zero-order valence-corrected chi connectivity index (χ0v) is 15.4. The summed E-state index contributed by atoms with van der Waals surface area (Å²) in [5.41, 5.74) is 6.54. The number of amides is 2. The molecule has 1 aliphatic heterocycles. The highest BCUT2D eigenvalue weighted by Crippen LogP contribution is 2.25. The minimum absolute atomic E-state index is 0.181. The van der Waals surface area contributed by atoms with Crippen LogP contribution in [0.25, 0.3) is 0 Å². The molecule has 2 amide bonds. The summed E-state index contributed by atoms with van der Waals surface area (Å²) in [6, 6.07) is 4.62. The molecule has 0 bridgehead atoms. The average Bonchev–Trinajstić information content (AvgIpc) is 3.02. The van der Waals surface area contributed by atoms with E-state index in [1.807, 2.05) is 27.7 Å². The molecule has 3 unspecified atom stereocenters. The second-order valence-corrected chi connectivity index (χ2v) is 7.82. The van der Waals surface area contributed by atoms with E-state index < -0.39 is 12.1 Å². The Morgan fingerprint density at radius 3 is 2.44 bits per heavy atom. The number of nitrogens with zero attached hydrogens (tertiary/aromatic N) is 1. The molecular formula is C19H28FN3O2. The van der Waals surface area contributed by atoms with Crippen molar-refractivity contribution in [2.24, 2.45) is 11.1 Å². The summed E-state index contributed by atoms with van der Waals surface area (Å²) in [7, 11) is 0. The highest BCUT2D eigenvalue weighted by atomic mass is 19.1. The van der Waals surface area contributed by atoms with E-state index in [1.54, 1.807) is 17.0 Å². The fourth-order valence-corrected chi connectivity index (χ4v) is 3.00. The van der Waals surface area contributed by atoms with Crippen LogP contribution in [0.3, 0.4) is 0 Å². The largest absolute Gasteiger partial charge is 0.348 e. The maximum atomic E-state index is 13.0. The summed E-state index contributed by atoms with van der Waals surface area (Å²) in [5, 5.41) is 2.92. The Labute approximate surface area is 148 Å². The molecule has 2 rings (SSSR count). The van der Waals surface area contributed by atoms with E-state index in [0.717, 1.165) is 12.0 Å². The topological polar surface area (TPSA) is 75.4 Å². The van der Waals surface area contributed by atoms with Gasteiger partial charge in [0.05, 0.1) is 12.1 Å². The van der Waals surface area contributed by atoms with Crippen LogP contribution in [0.4, 0.5) is 4.39 Å². The van der Waals surface area contributed by atoms with Crippen LogP contribution in [-0.4, -0.2) is 35.3 Å². The number of rotatable bonds is 4. The summed E-state index contributed by atoms with van der Waals surface area (Å²) in [6.45, 7) is 8.13. The smallest absolute Gasteiger partial charge is 0.243 e. The number of carbonyl (C=O) groups excluding carboxylic acids is 2. The van der Waals surface area contributed by atoms with Crippen molar-refractivity contribution in [2.75, 3.05) is 6.54 Å². The predicted molar refractivity (Wildman–Crippen MR) is 95.1 cm³/mol. The first kappa shape index (κ1) is 19.4. The van der Waals surface area contributed by atoms with Gasteiger partial charge in [-0.05, 0) is 42.9 Å². The van der Waals surface area contributed by atoms with Gasteiger partial charge >= 0.3 is 0 Å². The molecule has 0 radical (unpaired) electrons. The highest BCUT2D eigenvalue weighted by molar-refractivity contribution is 5.90. The number of hydrogen-bond acceptors (Lipinski definition) is 3. The maximum Gasteiger partial charge on any atom is 0.243 e. The van der Waals surface area contributed by atoms with Gasteiger partial charge in [-0.2, -0.15) is 0 Å². The molecule has 6 heteroatoms. The lowest BCUT2D eigenvalue weighted by Gasteiger charge is -2.33. The zero-order valence-electron chi connectivity index (χ0n) is 15.4. The lowest BCUT2D eigenvalue weighted by Crippen LogP contribution is -2.55. The molecule has 138 valence electrons. The first-order chi connectivity index (χ1) is 11.6. The summed E-state index contributed by atoms with van der Waals surface area (Å²) in [5.74, 6) is -0.686. The second-order valence-electron chi connectivity index (χ2n) is 7.82. The Morgan fingerprint density at radius 1 is 1.28 bits per heavy atom. The van der Waals surface area contributed by atoms with Gasteiger partial charge in [-0.15, -0.1) is 0 Å². The van der Waals surface area contributed by atoms with E-state index in [0.29, 0.717) is 13.0 Å². The van der Waals surface area contributed by atoms with Crippen LogP contribution in [-0.2, 0) is 9.59 Å². The molecule has 0 aliphatic carbocycles. The van der Waals surface area contributed by atoms with Crippen LogP contribution in [0, 0.1) is 11.2 Å². The SMILES string of the molecule is CC(NC(=O)C1CCCN1C(=O)C(N)C(C)(C)C)c1ccc(F)cc1. The van der Waals surface area contributed by atoms with Crippen molar-refractivity contribution in [1.29, 1.82) is 0 Å². The van der Waals surface area contributed by atoms with E-state index in [1.165, 1.54) is 12.1 Å². The van der Waals surface area contributed by atoms with Crippen LogP contribution in [0.15, 0.2) is 24.3 Å². The number of nitrogens with one attached hydrogen (secondary N) is 1. The maximum absolute atomic E-state index is 13.0. The van der Waals surface area contributed by atoms with Gasteiger partial charge in [0.15, 0.2) is 0 Å². The second kappa shape index (κ2) is 7.52. The first-order valence-electron chi connectivity index (χ1n) is 8.73. The Kier molecular flexibility index (Phi) is 5.83. The molecule has 0 spiro atoms. The van der Waals surface area contributed by atoms with Crippen LogP contribution < -0.4 is 11.1 Å². The van der Waals surface area contributed by atoms with Crippen molar-refractivity contribution in [3.63, 3.8) is 0 Å². The summed E-state index contributed by atoms with van der Waals surface area (Å²) < 4.78 is 13.0. The zero-order chi connectivity index (χ0) is 18.8. The number of carbonyl (C=O) groups is 2. The minimum Gasteiger partial charge on any atom is -0.348 e. The molecule has 5 nitrogen and oxygen atoms in total.